The highest BCUT2D eigenvalue weighted by molar-refractivity contribution is 5.35. The van der Waals surface area contributed by atoms with Crippen LogP contribution >= 0.6 is 0 Å². The number of hydrogen-bond acceptors (Lipinski definition) is 1. The Bertz CT molecular complexity index is 427. The predicted molar refractivity (Wildman–Crippen MR) is 88.0 cm³/mol. The van der Waals surface area contributed by atoms with E-state index in [1.807, 2.05) is 0 Å². The van der Waals surface area contributed by atoms with Gasteiger partial charge in [-0.2, -0.15) is 0 Å². The van der Waals surface area contributed by atoms with Gasteiger partial charge in [-0.25, -0.2) is 0 Å². The Kier molecular flexibility index (Phi) is 5.26. The highest BCUT2D eigenvalue weighted by Crippen LogP contribution is 2.40. The first-order valence-electron chi connectivity index (χ1n) is 8.28. The summed E-state index contributed by atoms with van der Waals surface area (Å²) >= 11 is 0. The molecule has 1 nitrogen and oxygen atoms in total. The minimum Gasteiger partial charge on any atom is -0.313 e. The van der Waals surface area contributed by atoms with Gasteiger partial charge in [0, 0.05) is 6.04 Å². The fraction of sp³-hybridized carbons (Fsp3) is 0.684. The summed E-state index contributed by atoms with van der Waals surface area (Å²) in [7, 11) is 2.13. The van der Waals surface area contributed by atoms with Gasteiger partial charge in [0.1, 0.15) is 0 Å². The molecule has 2 rings (SSSR count). The first kappa shape index (κ1) is 15.6. The fourth-order valence-corrected chi connectivity index (χ4v) is 3.90. The first-order chi connectivity index (χ1) is 9.54. The zero-order chi connectivity index (χ0) is 14.7. The summed E-state index contributed by atoms with van der Waals surface area (Å²) in [6, 6.07) is 7.28. The number of hydrogen-bond donors (Lipinski definition) is 1. The molecule has 1 heteroatoms. The smallest absolute Gasteiger partial charge is 0.0348 e. The van der Waals surface area contributed by atoms with Crippen LogP contribution in [0.5, 0.6) is 0 Å². The van der Waals surface area contributed by atoms with Gasteiger partial charge in [0.25, 0.3) is 0 Å². The van der Waals surface area contributed by atoms with Gasteiger partial charge in [0.05, 0.1) is 0 Å². The van der Waals surface area contributed by atoms with Crippen LogP contribution in [0, 0.1) is 31.6 Å². The second-order valence-electron chi connectivity index (χ2n) is 6.97. The third-order valence-corrected chi connectivity index (χ3v) is 5.52. The molecule has 0 heterocycles. The van der Waals surface area contributed by atoms with Gasteiger partial charge in [0.2, 0.25) is 0 Å². The van der Waals surface area contributed by atoms with E-state index >= 15 is 0 Å². The third kappa shape index (κ3) is 3.25. The minimum atomic E-state index is 0.531. The molecular weight excluding hydrogens is 242 g/mol. The monoisotopic (exact) mass is 273 g/mol. The predicted octanol–water partition coefficient (Wildman–Crippen LogP) is 5.03. The van der Waals surface area contributed by atoms with E-state index in [-0.39, 0.29) is 0 Å². The van der Waals surface area contributed by atoms with E-state index in [0.29, 0.717) is 6.04 Å². The lowest BCUT2D eigenvalue weighted by atomic mass is 9.73. The van der Waals surface area contributed by atoms with Crippen molar-refractivity contribution >= 4 is 0 Å². The molecule has 0 radical (unpaired) electrons. The van der Waals surface area contributed by atoms with E-state index < -0.39 is 0 Å². The zero-order valence-corrected chi connectivity index (χ0v) is 13.9. The first-order valence-corrected chi connectivity index (χ1v) is 8.28. The van der Waals surface area contributed by atoms with Crippen LogP contribution in [0.3, 0.4) is 0 Å². The van der Waals surface area contributed by atoms with Gasteiger partial charge in [0.15, 0.2) is 0 Å². The molecule has 112 valence electrons. The van der Waals surface area contributed by atoms with Crippen LogP contribution < -0.4 is 5.32 Å². The molecule has 1 atom stereocenters. The minimum absolute atomic E-state index is 0.531. The lowest BCUT2D eigenvalue weighted by Crippen LogP contribution is -2.30. The maximum atomic E-state index is 3.60. The molecule has 1 fully saturated rings. The molecule has 0 bridgehead atoms. The molecule has 0 saturated heterocycles. The molecule has 0 amide bonds. The normalized spacial score (nSPS) is 24.9. The Morgan fingerprint density at radius 1 is 1.00 bits per heavy atom. The summed E-state index contributed by atoms with van der Waals surface area (Å²) < 4.78 is 0. The lowest BCUT2D eigenvalue weighted by molar-refractivity contribution is 0.192. The van der Waals surface area contributed by atoms with Gasteiger partial charge in [-0.15, -0.1) is 0 Å². The van der Waals surface area contributed by atoms with E-state index in [4.69, 9.17) is 0 Å². The van der Waals surface area contributed by atoms with Crippen LogP contribution in [-0.2, 0) is 0 Å². The molecule has 1 aromatic rings. The molecule has 0 aromatic heterocycles. The van der Waals surface area contributed by atoms with Crippen LogP contribution in [0.4, 0.5) is 0 Å². The summed E-state index contributed by atoms with van der Waals surface area (Å²) in [4.78, 5) is 0. The molecule has 0 spiro atoms. The number of rotatable bonds is 4. The maximum absolute atomic E-state index is 3.60. The topological polar surface area (TPSA) is 12.0 Å². The van der Waals surface area contributed by atoms with Crippen molar-refractivity contribution in [1.29, 1.82) is 0 Å². The largest absolute Gasteiger partial charge is 0.313 e. The number of aryl methyl sites for hydroxylation is 1. The Labute approximate surface area is 125 Å². The van der Waals surface area contributed by atoms with Crippen molar-refractivity contribution in [1.82, 2.24) is 5.32 Å². The van der Waals surface area contributed by atoms with E-state index in [1.54, 1.807) is 0 Å². The molecule has 0 aliphatic heterocycles. The summed E-state index contributed by atoms with van der Waals surface area (Å²) in [5.74, 6) is 2.60. The van der Waals surface area contributed by atoms with E-state index in [0.717, 1.165) is 17.8 Å². The van der Waals surface area contributed by atoms with Crippen molar-refractivity contribution < 1.29 is 0 Å². The van der Waals surface area contributed by atoms with Crippen LogP contribution in [0.25, 0.3) is 0 Å². The number of benzene rings is 1. The third-order valence-electron chi connectivity index (χ3n) is 5.52. The van der Waals surface area contributed by atoms with E-state index in [9.17, 15) is 0 Å². The molecule has 1 aromatic carbocycles. The molecular formula is C19H31N. The fourth-order valence-electron chi connectivity index (χ4n) is 3.90. The Morgan fingerprint density at radius 3 is 2.15 bits per heavy atom. The standard InChI is InChI=1S/C19H31N/c1-13(2)16-9-11-17(12-10-16)19(20-5)18-8-6-7-14(3)15(18)4/h6-8,13,16-17,19-20H,9-12H2,1-5H3. The van der Waals surface area contributed by atoms with Crippen LogP contribution in [0.1, 0.15) is 62.3 Å². The Morgan fingerprint density at radius 2 is 1.60 bits per heavy atom. The lowest BCUT2D eigenvalue weighted by Gasteiger charge is -2.36. The highest BCUT2D eigenvalue weighted by atomic mass is 14.9. The summed E-state index contributed by atoms with van der Waals surface area (Å²) in [6.07, 6.45) is 5.57. The maximum Gasteiger partial charge on any atom is 0.0348 e. The molecule has 1 unspecified atom stereocenters. The highest BCUT2D eigenvalue weighted by Gasteiger charge is 2.29. The van der Waals surface area contributed by atoms with Crippen molar-refractivity contribution in [3.05, 3.63) is 34.9 Å². The molecule has 1 saturated carbocycles. The van der Waals surface area contributed by atoms with Crippen LogP contribution in [-0.4, -0.2) is 7.05 Å². The molecule has 1 aliphatic carbocycles. The second kappa shape index (κ2) is 6.76. The van der Waals surface area contributed by atoms with Crippen molar-refractivity contribution in [2.24, 2.45) is 17.8 Å². The molecule has 20 heavy (non-hydrogen) atoms. The van der Waals surface area contributed by atoms with Gasteiger partial charge in [-0.1, -0.05) is 32.0 Å². The molecule has 1 aliphatic rings. The Balaban J connectivity index is 2.12. The average molecular weight is 273 g/mol. The summed E-state index contributed by atoms with van der Waals surface area (Å²) in [5.41, 5.74) is 4.40. The van der Waals surface area contributed by atoms with Crippen molar-refractivity contribution in [3.63, 3.8) is 0 Å². The average Bonchev–Trinajstić information content (AvgIpc) is 2.45. The van der Waals surface area contributed by atoms with Gasteiger partial charge in [-0.3, -0.25) is 0 Å². The van der Waals surface area contributed by atoms with Gasteiger partial charge < -0.3 is 5.32 Å². The van der Waals surface area contributed by atoms with E-state index in [1.165, 1.54) is 42.4 Å². The van der Waals surface area contributed by atoms with E-state index in [2.05, 4.69) is 58.3 Å². The quantitative estimate of drug-likeness (QED) is 0.811. The number of nitrogens with one attached hydrogen (secondary N) is 1. The van der Waals surface area contributed by atoms with Crippen molar-refractivity contribution in [3.8, 4) is 0 Å². The molecule has 1 N–H and O–H groups in total. The van der Waals surface area contributed by atoms with Gasteiger partial charge >= 0.3 is 0 Å². The van der Waals surface area contributed by atoms with Crippen LogP contribution in [0.2, 0.25) is 0 Å². The zero-order valence-electron chi connectivity index (χ0n) is 13.9. The Hall–Kier alpha value is -0.820. The van der Waals surface area contributed by atoms with Crippen LogP contribution in [0.15, 0.2) is 18.2 Å². The summed E-state index contributed by atoms with van der Waals surface area (Å²) in [6.45, 7) is 9.26. The van der Waals surface area contributed by atoms with Crippen molar-refractivity contribution in [2.45, 2.75) is 59.4 Å². The SMILES string of the molecule is CNC(c1cccc(C)c1C)C1CCC(C(C)C)CC1. The van der Waals surface area contributed by atoms with Crippen molar-refractivity contribution in [2.75, 3.05) is 7.05 Å². The summed E-state index contributed by atoms with van der Waals surface area (Å²) in [5, 5.41) is 3.60. The second-order valence-corrected chi connectivity index (χ2v) is 6.97. The van der Waals surface area contributed by atoms with Gasteiger partial charge in [-0.05, 0) is 81.0 Å².